The molecule has 7 nitrogen and oxygen atoms in total. The summed E-state index contributed by atoms with van der Waals surface area (Å²) in [5, 5.41) is 11.9. The highest BCUT2D eigenvalue weighted by Gasteiger charge is 2.19. The SMILES string of the molecule is COc1cc(Cl)c(C)cc1NC(=O)CSc1nnc(C[NH+]2CCCC2)o1. The number of amides is 1. The van der Waals surface area contributed by atoms with Crippen LogP contribution < -0.4 is 15.0 Å². The van der Waals surface area contributed by atoms with Gasteiger partial charge in [0.25, 0.3) is 11.1 Å². The topological polar surface area (TPSA) is 81.7 Å². The Morgan fingerprint density at radius 2 is 2.15 bits per heavy atom. The molecule has 2 aromatic rings. The van der Waals surface area contributed by atoms with Crippen molar-refractivity contribution in [2.24, 2.45) is 0 Å². The largest absolute Gasteiger partial charge is 0.495 e. The van der Waals surface area contributed by atoms with E-state index in [4.69, 9.17) is 20.8 Å². The van der Waals surface area contributed by atoms with Crippen LogP contribution in [0.1, 0.15) is 24.3 Å². The first-order valence-corrected chi connectivity index (χ1v) is 9.84. The van der Waals surface area contributed by atoms with Crippen LogP contribution in [-0.4, -0.2) is 42.1 Å². The lowest BCUT2D eigenvalue weighted by molar-refractivity contribution is -0.902. The monoisotopic (exact) mass is 397 g/mol. The van der Waals surface area contributed by atoms with Crippen LogP contribution in [0.15, 0.2) is 21.8 Å². The van der Waals surface area contributed by atoms with Crippen LogP contribution >= 0.6 is 23.4 Å². The number of aromatic nitrogens is 2. The summed E-state index contributed by atoms with van der Waals surface area (Å²) in [6.07, 6.45) is 2.50. The van der Waals surface area contributed by atoms with Crippen molar-refractivity contribution in [1.82, 2.24) is 10.2 Å². The normalized spacial score (nSPS) is 14.6. The highest BCUT2D eigenvalue weighted by atomic mass is 35.5. The van der Waals surface area contributed by atoms with Gasteiger partial charge in [0.05, 0.1) is 31.6 Å². The molecule has 0 radical (unpaired) electrons. The number of quaternary nitrogens is 1. The fourth-order valence-corrected chi connectivity index (χ4v) is 3.61. The standard InChI is InChI=1S/C17H21ClN4O3S/c1-11-7-13(14(24-2)8-12(11)18)19-15(23)10-26-17-21-20-16(25-17)9-22-5-3-4-6-22/h7-8H,3-6,9-10H2,1-2H3,(H,19,23)/p+1. The number of hydrogen-bond donors (Lipinski definition) is 2. The molecule has 0 aliphatic carbocycles. The van der Waals surface area contributed by atoms with E-state index < -0.39 is 0 Å². The molecule has 0 saturated carbocycles. The number of aryl methyl sites for hydroxylation is 1. The molecule has 0 spiro atoms. The molecule has 0 atom stereocenters. The molecule has 1 aliphatic rings. The highest BCUT2D eigenvalue weighted by Crippen LogP contribution is 2.31. The lowest BCUT2D eigenvalue weighted by Crippen LogP contribution is -3.08. The third-order valence-electron chi connectivity index (χ3n) is 4.24. The highest BCUT2D eigenvalue weighted by molar-refractivity contribution is 7.99. The first-order chi connectivity index (χ1) is 12.5. The number of halogens is 1. The van der Waals surface area contributed by atoms with Crippen molar-refractivity contribution < 1.29 is 18.8 Å². The molecule has 1 aromatic carbocycles. The molecule has 1 saturated heterocycles. The minimum absolute atomic E-state index is 0.170. The van der Waals surface area contributed by atoms with Gasteiger partial charge in [0.15, 0.2) is 6.54 Å². The molecule has 9 heteroatoms. The number of carbonyl (C=O) groups is 1. The van der Waals surface area contributed by atoms with Gasteiger partial charge < -0.3 is 19.4 Å². The summed E-state index contributed by atoms with van der Waals surface area (Å²) < 4.78 is 10.9. The van der Waals surface area contributed by atoms with Crippen molar-refractivity contribution in [3.63, 3.8) is 0 Å². The molecule has 1 amide bonds. The van der Waals surface area contributed by atoms with Gasteiger partial charge in [0.1, 0.15) is 5.75 Å². The van der Waals surface area contributed by atoms with E-state index in [9.17, 15) is 4.79 Å². The van der Waals surface area contributed by atoms with E-state index in [1.807, 2.05) is 6.92 Å². The van der Waals surface area contributed by atoms with Gasteiger partial charge in [-0.15, -0.1) is 10.2 Å². The predicted molar refractivity (Wildman–Crippen MR) is 100 cm³/mol. The van der Waals surface area contributed by atoms with Crippen molar-refractivity contribution >= 4 is 35.0 Å². The Balaban J connectivity index is 1.53. The molecule has 0 bridgehead atoms. The maximum Gasteiger partial charge on any atom is 0.277 e. The summed E-state index contributed by atoms with van der Waals surface area (Å²) in [4.78, 5) is 13.7. The molecule has 0 unspecified atom stereocenters. The van der Waals surface area contributed by atoms with Gasteiger partial charge in [0, 0.05) is 23.9 Å². The maximum atomic E-state index is 12.2. The van der Waals surface area contributed by atoms with Crippen LogP contribution in [0.2, 0.25) is 5.02 Å². The van der Waals surface area contributed by atoms with E-state index >= 15 is 0 Å². The Kier molecular flexibility index (Phi) is 6.39. The molecule has 1 aliphatic heterocycles. The van der Waals surface area contributed by atoms with Gasteiger partial charge in [-0.05, 0) is 18.6 Å². The number of thioether (sulfide) groups is 1. The number of nitrogens with zero attached hydrogens (tertiary/aromatic N) is 2. The number of anilines is 1. The molecule has 2 N–H and O–H groups in total. The molecular weight excluding hydrogens is 376 g/mol. The van der Waals surface area contributed by atoms with Gasteiger partial charge in [0.2, 0.25) is 5.91 Å². The van der Waals surface area contributed by atoms with Crippen LogP contribution in [0.5, 0.6) is 5.75 Å². The number of likely N-dealkylation sites (tertiary alicyclic amines) is 1. The summed E-state index contributed by atoms with van der Waals surface area (Å²) >= 11 is 7.30. The first-order valence-electron chi connectivity index (χ1n) is 8.48. The van der Waals surface area contributed by atoms with Crippen molar-refractivity contribution in [2.45, 2.75) is 31.5 Å². The minimum atomic E-state index is -0.181. The molecule has 26 heavy (non-hydrogen) atoms. The van der Waals surface area contributed by atoms with Crippen molar-refractivity contribution in [3.8, 4) is 5.75 Å². The molecule has 1 aromatic heterocycles. The van der Waals surface area contributed by atoms with Gasteiger partial charge in [-0.25, -0.2) is 0 Å². The Morgan fingerprint density at radius 1 is 1.38 bits per heavy atom. The van der Waals surface area contributed by atoms with Crippen molar-refractivity contribution in [3.05, 3.63) is 28.6 Å². The molecular formula is C17H22ClN4O3S+. The molecule has 3 rings (SSSR count). The zero-order valence-electron chi connectivity index (χ0n) is 14.8. The number of benzene rings is 1. The van der Waals surface area contributed by atoms with Gasteiger partial charge in [-0.3, -0.25) is 4.79 Å². The number of rotatable bonds is 7. The van der Waals surface area contributed by atoms with Crippen LogP contribution in [0.3, 0.4) is 0 Å². The Morgan fingerprint density at radius 3 is 2.88 bits per heavy atom. The minimum Gasteiger partial charge on any atom is -0.495 e. The van der Waals surface area contributed by atoms with Gasteiger partial charge in [-0.2, -0.15) is 0 Å². The average Bonchev–Trinajstić information content (AvgIpc) is 3.28. The van der Waals surface area contributed by atoms with E-state index in [2.05, 4.69) is 15.5 Å². The summed E-state index contributed by atoms with van der Waals surface area (Å²) in [7, 11) is 1.54. The first kappa shape index (κ1) is 19.0. The van der Waals surface area contributed by atoms with Crippen LogP contribution in [0.4, 0.5) is 5.69 Å². The van der Waals surface area contributed by atoms with Gasteiger partial charge >= 0.3 is 0 Å². The fourth-order valence-electron chi connectivity index (χ4n) is 2.88. The predicted octanol–water partition coefficient (Wildman–Crippen LogP) is 1.95. The molecule has 2 heterocycles. The second kappa shape index (κ2) is 8.75. The lowest BCUT2D eigenvalue weighted by atomic mass is 10.2. The van der Waals surface area contributed by atoms with E-state index in [1.54, 1.807) is 12.1 Å². The Labute approximate surface area is 161 Å². The maximum absolute atomic E-state index is 12.2. The van der Waals surface area contributed by atoms with E-state index in [-0.39, 0.29) is 11.7 Å². The number of methoxy groups -OCH3 is 1. The van der Waals surface area contributed by atoms with Crippen LogP contribution in [-0.2, 0) is 11.3 Å². The Bertz CT molecular complexity index is 777. The third-order valence-corrected chi connectivity index (χ3v) is 5.47. The fraction of sp³-hybridized carbons (Fsp3) is 0.471. The quantitative estimate of drug-likeness (QED) is 0.695. The van der Waals surface area contributed by atoms with Crippen molar-refractivity contribution in [1.29, 1.82) is 0 Å². The van der Waals surface area contributed by atoms with E-state index in [1.165, 1.54) is 36.6 Å². The van der Waals surface area contributed by atoms with Crippen LogP contribution in [0, 0.1) is 6.92 Å². The van der Waals surface area contributed by atoms with E-state index in [0.29, 0.717) is 27.6 Å². The summed E-state index contributed by atoms with van der Waals surface area (Å²) in [5.74, 6) is 1.13. The second-order valence-electron chi connectivity index (χ2n) is 6.23. The lowest BCUT2D eigenvalue weighted by Gasteiger charge is -2.11. The van der Waals surface area contributed by atoms with Crippen molar-refractivity contribution in [2.75, 3.05) is 31.3 Å². The number of ether oxygens (including phenoxy) is 1. The molecule has 140 valence electrons. The number of hydrogen-bond acceptors (Lipinski definition) is 6. The summed E-state index contributed by atoms with van der Waals surface area (Å²) in [5.41, 5.74) is 1.45. The zero-order valence-corrected chi connectivity index (χ0v) is 16.4. The third kappa shape index (κ3) is 4.90. The van der Waals surface area contributed by atoms with E-state index in [0.717, 1.165) is 25.2 Å². The second-order valence-corrected chi connectivity index (χ2v) is 7.57. The summed E-state index contributed by atoms with van der Waals surface area (Å²) in [6.45, 7) is 4.92. The zero-order chi connectivity index (χ0) is 18.5. The smallest absolute Gasteiger partial charge is 0.277 e. The molecule has 1 fully saturated rings. The number of carbonyl (C=O) groups excluding carboxylic acids is 1. The number of nitrogens with one attached hydrogen (secondary N) is 2. The average molecular weight is 398 g/mol. The van der Waals surface area contributed by atoms with Crippen LogP contribution in [0.25, 0.3) is 0 Å². The Hall–Kier alpha value is -1.77. The van der Waals surface area contributed by atoms with Gasteiger partial charge in [-0.1, -0.05) is 23.4 Å². The summed E-state index contributed by atoms with van der Waals surface area (Å²) in [6, 6.07) is 3.47.